The van der Waals surface area contributed by atoms with Gasteiger partial charge in [-0.2, -0.15) is 0 Å². The number of thiocarbonyl (C=S) groups is 1. The molecule has 2 aromatic rings. The molecular formula is C24H29BrN4O3S. The number of carbonyl (C=O) groups excluding carboxylic acids is 2. The monoisotopic (exact) mass is 532 g/mol. The first-order valence-corrected chi connectivity index (χ1v) is 11.9. The van der Waals surface area contributed by atoms with Gasteiger partial charge in [0.25, 0.3) is 5.91 Å². The minimum atomic E-state index is -0.354. The van der Waals surface area contributed by atoms with E-state index in [0.717, 1.165) is 24.5 Å². The molecule has 1 aliphatic heterocycles. The molecule has 0 unspecified atom stereocenters. The molecule has 0 bridgehead atoms. The van der Waals surface area contributed by atoms with E-state index in [2.05, 4.69) is 31.5 Å². The number of hydrogen-bond donors (Lipinski definition) is 2. The number of ether oxygens (including phenoxy) is 1. The summed E-state index contributed by atoms with van der Waals surface area (Å²) in [5.41, 5.74) is 1.97. The van der Waals surface area contributed by atoms with Crippen LogP contribution in [0.15, 0.2) is 46.9 Å². The highest BCUT2D eigenvalue weighted by molar-refractivity contribution is 9.10. The molecule has 1 aliphatic rings. The van der Waals surface area contributed by atoms with E-state index in [1.165, 1.54) is 0 Å². The molecule has 176 valence electrons. The van der Waals surface area contributed by atoms with E-state index in [9.17, 15) is 9.59 Å². The van der Waals surface area contributed by atoms with Crippen LogP contribution >= 0.6 is 28.1 Å². The number of hydrogen-bond acceptors (Lipinski definition) is 5. The number of piperazine rings is 1. The summed E-state index contributed by atoms with van der Waals surface area (Å²) < 4.78 is 5.88. The maximum atomic E-state index is 12.5. The third kappa shape index (κ3) is 6.45. The van der Waals surface area contributed by atoms with Gasteiger partial charge in [0.05, 0.1) is 11.6 Å². The Labute approximate surface area is 208 Å². The van der Waals surface area contributed by atoms with E-state index in [0.29, 0.717) is 28.9 Å². The quantitative estimate of drug-likeness (QED) is 0.572. The van der Waals surface area contributed by atoms with Crippen molar-refractivity contribution in [2.24, 2.45) is 5.41 Å². The fraction of sp³-hybridized carbons (Fsp3) is 0.375. The number of rotatable bonds is 4. The van der Waals surface area contributed by atoms with E-state index in [-0.39, 0.29) is 22.3 Å². The largest absolute Gasteiger partial charge is 0.496 e. The molecule has 0 aliphatic carbocycles. The number of methoxy groups -OCH3 is 1. The standard InChI is InChI=1S/C24H29BrN4O3S/c1-24(2,3)22(31)29-13-11-28(12-14-29)18-8-6-17(7-9-18)26-23(33)27-21(30)16-5-10-20(32-4)19(25)15-16/h5-10,15H,11-14H2,1-4H3,(H2,26,27,30,33). The average molecular weight is 533 g/mol. The van der Waals surface area contributed by atoms with Crippen molar-refractivity contribution >= 4 is 56.4 Å². The molecule has 1 saturated heterocycles. The first kappa shape index (κ1) is 25.0. The van der Waals surface area contributed by atoms with Crippen molar-refractivity contribution < 1.29 is 14.3 Å². The van der Waals surface area contributed by atoms with Crippen molar-refractivity contribution in [3.63, 3.8) is 0 Å². The SMILES string of the molecule is COc1ccc(C(=O)NC(=S)Nc2ccc(N3CCN(C(=O)C(C)(C)C)CC3)cc2)cc1Br. The Kier molecular flexibility index (Phi) is 7.97. The first-order chi connectivity index (χ1) is 15.6. The zero-order valence-electron chi connectivity index (χ0n) is 19.3. The Morgan fingerprint density at radius 3 is 2.21 bits per heavy atom. The number of nitrogens with zero attached hydrogens (tertiary/aromatic N) is 2. The summed E-state index contributed by atoms with van der Waals surface area (Å²) in [6.45, 7) is 8.88. The van der Waals surface area contributed by atoms with Gasteiger partial charge < -0.3 is 19.9 Å². The van der Waals surface area contributed by atoms with Crippen LogP contribution in [0.3, 0.4) is 0 Å². The van der Waals surface area contributed by atoms with Crippen LogP contribution in [0.2, 0.25) is 0 Å². The van der Waals surface area contributed by atoms with Gasteiger partial charge in [0.15, 0.2) is 5.11 Å². The number of amides is 2. The fourth-order valence-corrected chi connectivity index (χ4v) is 4.29. The average Bonchev–Trinajstić information content (AvgIpc) is 2.78. The highest BCUT2D eigenvalue weighted by Crippen LogP contribution is 2.26. The van der Waals surface area contributed by atoms with Crippen molar-refractivity contribution in [1.82, 2.24) is 10.2 Å². The molecule has 0 aromatic heterocycles. The number of nitrogens with one attached hydrogen (secondary N) is 2. The van der Waals surface area contributed by atoms with Gasteiger partial charge in [-0.15, -0.1) is 0 Å². The molecule has 2 N–H and O–H groups in total. The van der Waals surface area contributed by atoms with Gasteiger partial charge in [-0.05, 0) is 70.6 Å². The third-order valence-corrected chi connectivity index (χ3v) is 6.16. The van der Waals surface area contributed by atoms with Crippen molar-refractivity contribution in [3.8, 4) is 5.75 Å². The minimum Gasteiger partial charge on any atom is -0.496 e. The zero-order valence-corrected chi connectivity index (χ0v) is 21.7. The van der Waals surface area contributed by atoms with Crippen LogP contribution in [-0.4, -0.2) is 55.1 Å². The van der Waals surface area contributed by atoms with Crippen LogP contribution < -0.4 is 20.3 Å². The van der Waals surface area contributed by atoms with Crippen molar-refractivity contribution in [2.45, 2.75) is 20.8 Å². The lowest BCUT2D eigenvalue weighted by molar-refractivity contribution is -0.139. The van der Waals surface area contributed by atoms with Gasteiger partial charge in [-0.25, -0.2) is 0 Å². The Balaban J connectivity index is 1.52. The lowest BCUT2D eigenvalue weighted by Gasteiger charge is -2.38. The Morgan fingerprint density at radius 1 is 1.03 bits per heavy atom. The minimum absolute atomic E-state index is 0.194. The van der Waals surface area contributed by atoms with Crippen LogP contribution in [-0.2, 0) is 4.79 Å². The highest BCUT2D eigenvalue weighted by Gasteiger charge is 2.29. The molecule has 1 heterocycles. The summed E-state index contributed by atoms with van der Waals surface area (Å²) in [5.74, 6) is 0.531. The van der Waals surface area contributed by atoms with E-state index < -0.39 is 0 Å². The van der Waals surface area contributed by atoms with Gasteiger partial charge in [0.2, 0.25) is 5.91 Å². The second-order valence-electron chi connectivity index (χ2n) is 8.83. The Bertz CT molecular complexity index is 1030. The van der Waals surface area contributed by atoms with E-state index in [4.69, 9.17) is 17.0 Å². The number of carbonyl (C=O) groups is 2. The van der Waals surface area contributed by atoms with Crippen LogP contribution in [0.4, 0.5) is 11.4 Å². The second-order valence-corrected chi connectivity index (χ2v) is 10.1. The van der Waals surface area contributed by atoms with Gasteiger partial charge >= 0.3 is 0 Å². The van der Waals surface area contributed by atoms with Crippen LogP contribution in [0.1, 0.15) is 31.1 Å². The van der Waals surface area contributed by atoms with Gasteiger partial charge in [-0.1, -0.05) is 20.8 Å². The Hall–Kier alpha value is -2.65. The summed E-state index contributed by atoms with van der Waals surface area (Å²) in [4.78, 5) is 29.1. The summed E-state index contributed by atoms with van der Waals surface area (Å²) in [7, 11) is 1.57. The summed E-state index contributed by atoms with van der Waals surface area (Å²) in [6, 6.07) is 12.9. The van der Waals surface area contributed by atoms with Crippen LogP contribution in [0.25, 0.3) is 0 Å². The maximum Gasteiger partial charge on any atom is 0.257 e. The van der Waals surface area contributed by atoms with Crippen molar-refractivity contribution in [2.75, 3.05) is 43.5 Å². The highest BCUT2D eigenvalue weighted by atomic mass is 79.9. The normalized spacial score (nSPS) is 14.0. The molecule has 0 radical (unpaired) electrons. The Morgan fingerprint density at radius 2 is 1.67 bits per heavy atom. The molecule has 3 rings (SSSR count). The number of anilines is 2. The van der Waals surface area contributed by atoms with Crippen LogP contribution in [0.5, 0.6) is 5.75 Å². The summed E-state index contributed by atoms with van der Waals surface area (Å²) >= 11 is 8.67. The predicted molar refractivity (Wildman–Crippen MR) is 139 cm³/mol. The smallest absolute Gasteiger partial charge is 0.257 e. The van der Waals surface area contributed by atoms with E-state index >= 15 is 0 Å². The molecule has 0 spiro atoms. The summed E-state index contributed by atoms with van der Waals surface area (Å²) in [5, 5.41) is 5.94. The third-order valence-electron chi connectivity index (χ3n) is 5.34. The van der Waals surface area contributed by atoms with Crippen molar-refractivity contribution in [3.05, 3.63) is 52.5 Å². The van der Waals surface area contributed by atoms with Gasteiger partial charge in [-0.3, -0.25) is 14.9 Å². The van der Waals surface area contributed by atoms with Gasteiger partial charge in [0.1, 0.15) is 5.75 Å². The van der Waals surface area contributed by atoms with Gasteiger partial charge in [0, 0.05) is 48.5 Å². The molecule has 9 heteroatoms. The molecule has 7 nitrogen and oxygen atoms in total. The zero-order chi connectivity index (χ0) is 24.2. The maximum absolute atomic E-state index is 12.5. The van der Waals surface area contributed by atoms with E-state index in [1.54, 1.807) is 25.3 Å². The molecular weight excluding hydrogens is 504 g/mol. The second kappa shape index (κ2) is 10.5. The number of benzene rings is 2. The lowest BCUT2D eigenvalue weighted by atomic mass is 9.94. The molecule has 33 heavy (non-hydrogen) atoms. The van der Waals surface area contributed by atoms with E-state index in [1.807, 2.05) is 49.9 Å². The predicted octanol–water partition coefficient (Wildman–Crippen LogP) is 4.28. The molecule has 2 aromatic carbocycles. The number of halogens is 1. The fourth-order valence-electron chi connectivity index (χ4n) is 3.54. The summed E-state index contributed by atoms with van der Waals surface area (Å²) in [6.07, 6.45) is 0. The molecule has 0 atom stereocenters. The van der Waals surface area contributed by atoms with Crippen LogP contribution in [0, 0.1) is 5.41 Å². The molecule has 1 fully saturated rings. The topological polar surface area (TPSA) is 73.9 Å². The molecule has 2 amide bonds. The first-order valence-electron chi connectivity index (χ1n) is 10.7. The van der Waals surface area contributed by atoms with Crippen molar-refractivity contribution in [1.29, 1.82) is 0 Å². The lowest BCUT2D eigenvalue weighted by Crippen LogP contribution is -2.51. The molecule has 0 saturated carbocycles.